The second-order valence-corrected chi connectivity index (χ2v) is 19.9. The zero-order chi connectivity index (χ0) is 55.9. The molecule has 3 amide bonds. The number of nitrogens with two attached hydrogens (primary N) is 1. The Bertz CT molecular complexity index is 2450. The number of hydrogen-bond acceptors (Lipinski definition) is 14. The van der Waals surface area contributed by atoms with Crippen LogP contribution in [0, 0.1) is 17.8 Å². The molecule has 0 bridgehead atoms. The molecular formula is C54H76N8O14. The summed E-state index contributed by atoms with van der Waals surface area (Å²) >= 11 is 0. The van der Waals surface area contributed by atoms with Gasteiger partial charge in [-0.05, 0) is 61.3 Å². The van der Waals surface area contributed by atoms with E-state index >= 15 is 0 Å². The van der Waals surface area contributed by atoms with Crippen molar-refractivity contribution in [3.05, 3.63) is 71.4 Å². The van der Waals surface area contributed by atoms with Crippen LogP contribution in [0.15, 0.2) is 54.7 Å². The molecule has 0 radical (unpaired) electrons. The first-order chi connectivity index (χ1) is 36.1. The highest BCUT2D eigenvalue weighted by Gasteiger charge is 2.34. The lowest BCUT2D eigenvalue weighted by atomic mass is 9.86. The number of para-hydroxylation sites is 1. The first-order valence-corrected chi connectivity index (χ1v) is 25.9. The molecule has 1 saturated heterocycles. The molecule has 416 valence electrons. The van der Waals surface area contributed by atoms with Gasteiger partial charge in [0, 0.05) is 120 Å². The Labute approximate surface area is 442 Å². The van der Waals surface area contributed by atoms with Crippen molar-refractivity contribution in [2.75, 3.05) is 72.0 Å². The number of aryl methyl sites for hydroxylation is 1. The number of nitrogens with zero attached hydrogens (tertiary/aromatic N) is 4. The quantitative estimate of drug-likeness (QED) is 0.0458. The van der Waals surface area contributed by atoms with Crippen LogP contribution in [0.2, 0.25) is 0 Å². The maximum absolute atomic E-state index is 14.1. The first-order valence-electron chi connectivity index (χ1n) is 25.9. The molecule has 1 aliphatic rings. The van der Waals surface area contributed by atoms with E-state index in [4.69, 9.17) is 5.73 Å². The molecule has 5 atom stereocenters. The molecular weight excluding hydrogens is 985 g/mol. The lowest BCUT2D eigenvalue weighted by Gasteiger charge is -2.35. The third kappa shape index (κ3) is 21.4. The number of rotatable bonds is 31. The molecule has 1 fully saturated rings. The van der Waals surface area contributed by atoms with Crippen molar-refractivity contribution < 1.29 is 68.4 Å². The lowest BCUT2D eigenvalue weighted by molar-refractivity contribution is -0.145. The number of carbonyl (C=O) groups excluding carboxylic acids is 6. The van der Waals surface area contributed by atoms with Crippen LogP contribution in [0.5, 0.6) is 0 Å². The first kappa shape index (κ1) is 61.7. The van der Waals surface area contributed by atoms with Gasteiger partial charge >= 0.3 is 23.9 Å². The number of primary amides is 1. The molecule has 1 aromatic heterocycles. The fourth-order valence-corrected chi connectivity index (χ4v) is 9.47. The summed E-state index contributed by atoms with van der Waals surface area (Å²) < 4.78 is 0. The number of aliphatic carboxylic acids is 4. The van der Waals surface area contributed by atoms with Crippen molar-refractivity contribution in [1.82, 2.24) is 35.2 Å². The minimum absolute atomic E-state index is 0.00680. The third-order valence-electron chi connectivity index (χ3n) is 14.0. The average Bonchev–Trinajstić information content (AvgIpc) is 3.77. The third-order valence-corrected chi connectivity index (χ3v) is 14.0. The van der Waals surface area contributed by atoms with Crippen LogP contribution in [0.4, 0.5) is 0 Å². The van der Waals surface area contributed by atoms with Gasteiger partial charge in [0.25, 0.3) is 0 Å². The predicted molar refractivity (Wildman–Crippen MR) is 280 cm³/mol. The molecule has 22 nitrogen and oxygen atoms in total. The Morgan fingerprint density at radius 3 is 1.75 bits per heavy atom. The SMILES string of the molecule is CCC(C)[C@H](NC(=O)[C@@H](CC(C)=O)Cc1c[nH]c2ccccc12)C(=O)C[C@@H](CCC(N)=O)C(=O)NCc1ccc(CCC(=O)CCC(C(=O)O)N2CCN(CC(=O)O)CCN(CC(=O)O)CCN(CC(=O)O)CC2)cc1. The highest BCUT2D eigenvalue weighted by molar-refractivity contribution is 5.95. The number of nitrogens with one attached hydrogen (secondary N) is 3. The van der Waals surface area contributed by atoms with Crippen molar-refractivity contribution in [2.45, 2.75) is 104 Å². The molecule has 0 aliphatic carbocycles. The van der Waals surface area contributed by atoms with Crippen molar-refractivity contribution in [1.29, 1.82) is 0 Å². The molecule has 4 rings (SSSR count). The Morgan fingerprint density at radius 2 is 1.22 bits per heavy atom. The number of carbonyl (C=O) groups is 10. The van der Waals surface area contributed by atoms with Gasteiger partial charge < -0.3 is 46.6 Å². The van der Waals surface area contributed by atoms with E-state index < -0.39 is 71.3 Å². The number of amides is 3. The molecule has 0 saturated carbocycles. The summed E-state index contributed by atoms with van der Waals surface area (Å²) in [6.07, 6.45) is 2.44. The molecule has 2 aromatic carbocycles. The second-order valence-electron chi connectivity index (χ2n) is 19.9. The summed E-state index contributed by atoms with van der Waals surface area (Å²) in [6, 6.07) is 12.6. The van der Waals surface area contributed by atoms with Crippen molar-refractivity contribution in [3.8, 4) is 0 Å². The Balaban J connectivity index is 1.35. The smallest absolute Gasteiger partial charge is 0.320 e. The second kappa shape index (κ2) is 31.2. The average molecular weight is 1060 g/mol. The Kier molecular flexibility index (Phi) is 25.3. The zero-order valence-corrected chi connectivity index (χ0v) is 43.9. The number of benzene rings is 2. The topological polar surface area (TPSA) is 330 Å². The van der Waals surface area contributed by atoms with Crippen LogP contribution in [-0.2, 0) is 67.3 Å². The van der Waals surface area contributed by atoms with Gasteiger partial charge in [0.15, 0.2) is 5.78 Å². The summed E-state index contributed by atoms with van der Waals surface area (Å²) in [5.41, 5.74) is 8.72. The summed E-state index contributed by atoms with van der Waals surface area (Å²) in [6.45, 7) is 5.27. The highest BCUT2D eigenvalue weighted by Crippen LogP contribution is 2.24. The number of hydrogen-bond donors (Lipinski definition) is 8. The van der Waals surface area contributed by atoms with Crippen molar-refractivity contribution >= 4 is 69.9 Å². The van der Waals surface area contributed by atoms with Crippen LogP contribution in [-0.4, -0.2) is 188 Å². The van der Waals surface area contributed by atoms with Crippen LogP contribution in [0.1, 0.15) is 88.8 Å². The maximum atomic E-state index is 14.1. The number of Topliss-reactive ketones (excluding diaryl/α,β-unsaturated/α-hetero) is 3. The summed E-state index contributed by atoms with van der Waals surface area (Å²) in [7, 11) is 0. The summed E-state index contributed by atoms with van der Waals surface area (Å²) in [5, 5.41) is 45.6. The van der Waals surface area contributed by atoms with Crippen LogP contribution in [0.25, 0.3) is 10.9 Å². The molecule has 22 heteroatoms. The number of carboxylic acid groups (broad SMARTS) is 4. The lowest BCUT2D eigenvalue weighted by Crippen LogP contribution is -2.51. The van der Waals surface area contributed by atoms with E-state index in [1.807, 2.05) is 44.3 Å². The Hall–Kier alpha value is -6.88. The monoisotopic (exact) mass is 1060 g/mol. The Morgan fingerprint density at radius 1 is 0.671 bits per heavy atom. The van der Waals surface area contributed by atoms with Gasteiger partial charge in [-0.25, -0.2) is 0 Å². The minimum Gasteiger partial charge on any atom is -0.480 e. The van der Waals surface area contributed by atoms with E-state index in [-0.39, 0.29) is 147 Å². The summed E-state index contributed by atoms with van der Waals surface area (Å²) in [4.78, 5) is 136. The van der Waals surface area contributed by atoms with Gasteiger partial charge in [0.05, 0.1) is 25.7 Å². The van der Waals surface area contributed by atoms with Crippen LogP contribution in [0.3, 0.4) is 0 Å². The normalized spacial score (nSPS) is 16.5. The van der Waals surface area contributed by atoms with E-state index in [2.05, 4.69) is 15.6 Å². The summed E-state index contributed by atoms with van der Waals surface area (Å²) in [5.74, 6) is -8.88. The zero-order valence-electron chi connectivity index (χ0n) is 43.9. The van der Waals surface area contributed by atoms with E-state index in [1.54, 1.807) is 43.9 Å². The van der Waals surface area contributed by atoms with Crippen molar-refractivity contribution in [2.24, 2.45) is 23.5 Å². The largest absolute Gasteiger partial charge is 0.480 e. The van der Waals surface area contributed by atoms with Gasteiger partial charge in [-0.15, -0.1) is 0 Å². The van der Waals surface area contributed by atoms with Crippen LogP contribution >= 0.6 is 0 Å². The van der Waals surface area contributed by atoms with Gasteiger partial charge in [-0.1, -0.05) is 62.7 Å². The molecule has 2 heterocycles. The molecule has 76 heavy (non-hydrogen) atoms. The highest BCUT2D eigenvalue weighted by atomic mass is 16.4. The number of ketones is 3. The molecule has 2 unspecified atom stereocenters. The van der Waals surface area contributed by atoms with E-state index in [0.717, 1.165) is 22.0 Å². The van der Waals surface area contributed by atoms with Gasteiger partial charge in [0.2, 0.25) is 17.7 Å². The van der Waals surface area contributed by atoms with Gasteiger partial charge in [-0.3, -0.25) is 62.8 Å². The van der Waals surface area contributed by atoms with Crippen molar-refractivity contribution in [3.63, 3.8) is 0 Å². The predicted octanol–water partition coefficient (Wildman–Crippen LogP) is 2.20. The number of fused-ring (bicyclic) bond motifs is 1. The molecule has 9 N–H and O–H groups in total. The van der Waals surface area contributed by atoms with E-state index in [0.29, 0.717) is 18.4 Å². The number of aromatic amines is 1. The van der Waals surface area contributed by atoms with Crippen LogP contribution < -0.4 is 16.4 Å². The standard InChI is InChI=1S/C54H76N8O14/c1-4-35(2)51(58-53(74)40(27-36(3)63)28-41-31-56-44-8-6-5-7-43(41)44)46(65)29-39(14-18-47(55)66)52(73)57-30-38-11-9-37(10-12-38)13-15-42(64)16-17-45(54(75)76)62-25-23-60(33-49(69)70)21-19-59(32-48(67)68)20-22-61(24-26-62)34-50(71)72/h5-12,31,35,39-40,45,51,56H,4,13-30,32-34H2,1-3H3,(H2,55,66)(H,57,73)(H,58,74)(H,67,68)(H,69,70)(H,71,72)(H,75,76)/t35?,39-,40+,45?,51+/m1/s1. The van der Waals surface area contributed by atoms with E-state index in [9.17, 15) is 68.4 Å². The fourth-order valence-electron chi connectivity index (χ4n) is 9.47. The number of H-pyrrole nitrogens is 1. The fraction of sp³-hybridized carbons (Fsp3) is 0.556. The number of carboxylic acids is 4. The van der Waals surface area contributed by atoms with Gasteiger partial charge in [0.1, 0.15) is 17.6 Å². The van der Waals surface area contributed by atoms with E-state index in [1.165, 1.54) is 6.92 Å². The molecule has 0 spiro atoms. The molecule has 3 aromatic rings. The molecule has 1 aliphatic heterocycles. The van der Waals surface area contributed by atoms with Gasteiger partial charge in [-0.2, -0.15) is 0 Å². The number of aromatic nitrogens is 1. The minimum atomic E-state index is -1.19. The maximum Gasteiger partial charge on any atom is 0.320 e.